The average Bonchev–Trinajstić information content (AvgIpc) is 3.05. The summed E-state index contributed by atoms with van der Waals surface area (Å²) in [6.07, 6.45) is 2.87. The number of aliphatic carboxylic acids is 1. The van der Waals surface area contributed by atoms with Gasteiger partial charge in [-0.05, 0) is 37.5 Å². The highest BCUT2D eigenvalue weighted by atomic mass is 16.4. The van der Waals surface area contributed by atoms with Gasteiger partial charge < -0.3 is 14.9 Å². The van der Waals surface area contributed by atoms with Crippen molar-refractivity contribution >= 4 is 12.0 Å². The number of amides is 2. The highest BCUT2D eigenvalue weighted by molar-refractivity contribution is 5.87. The fraction of sp³-hybridized carbons (Fsp3) is 0.867. The molecule has 5 heteroatoms. The van der Waals surface area contributed by atoms with Gasteiger partial charge >= 0.3 is 12.0 Å². The first-order valence-electron chi connectivity index (χ1n) is 7.72. The van der Waals surface area contributed by atoms with Crippen molar-refractivity contribution in [1.82, 2.24) is 9.80 Å². The first-order valence-corrected chi connectivity index (χ1v) is 7.72. The van der Waals surface area contributed by atoms with Crippen molar-refractivity contribution in [3.05, 3.63) is 0 Å². The molecule has 5 nitrogen and oxygen atoms in total. The molecule has 0 saturated carbocycles. The van der Waals surface area contributed by atoms with Gasteiger partial charge in [0.2, 0.25) is 0 Å². The van der Waals surface area contributed by atoms with Crippen molar-refractivity contribution in [3.8, 4) is 0 Å². The third kappa shape index (κ3) is 2.38. The molecule has 2 heterocycles. The number of likely N-dealkylation sites (tertiary alicyclic amines) is 2. The molecule has 2 atom stereocenters. The van der Waals surface area contributed by atoms with Crippen LogP contribution in [0.3, 0.4) is 0 Å². The fourth-order valence-corrected chi connectivity index (χ4v) is 3.57. The van der Waals surface area contributed by atoms with Gasteiger partial charge in [-0.1, -0.05) is 20.8 Å². The Kier molecular flexibility index (Phi) is 4.25. The van der Waals surface area contributed by atoms with Crippen LogP contribution in [0.1, 0.15) is 46.5 Å². The molecule has 2 aliphatic rings. The Bertz CT molecular complexity index is 397. The predicted octanol–water partition coefficient (Wildman–Crippen LogP) is 2.41. The van der Waals surface area contributed by atoms with E-state index in [1.54, 1.807) is 4.90 Å². The molecule has 0 aromatic rings. The summed E-state index contributed by atoms with van der Waals surface area (Å²) in [7, 11) is 0. The predicted molar refractivity (Wildman–Crippen MR) is 76.5 cm³/mol. The summed E-state index contributed by atoms with van der Waals surface area (Å²) in [4.78, 5) is 27.8. The summed E-state index contributed by atoms with van der Waals surface area (Å²) in [6, 6.07) is -0.0742. The summed E-state index contributed by atoms with van der Waals surface area (Å²) in [5.41, 5.74) is -0.979. The lowest BCUT2D eigenvalue weighted by Gasteiger charge is -2.36. The first kappa shape index (κ1) is 15.1. The minimum Gasteiger partial charge on any atom is -0.479 e. The summed E-state index contributed by atoms with van der Waals surface area (Å²) in [5, 5.41) is 9.55. The molecule has 2 fully saturated rings. The van der Waals surface area contributed by atoms with Gasteiger partial charge in [-0.2, -0.15) is 0 Å². The fourth-order valence-electron chi connectivity index (χ4n) is 3.57. The lowest BCUT2D eigenvalue weighted by Crippen LogP contribution is -2.56. The third-order valence-electron chi connectivity index (χ3n) is 5.14. The van der Waals surface area contributed by atoms with Gasteiger partial charge in [-0.15, -0.1) is 0 Å². The highest BCUT2D eigenvalue weighted by Gasteiger charge is 2.50. The van der Waals surface area contributed by atoms with E-state index in [4.69, 9.17) is 0 Å². The summed E-state index contributed by atoms with van der Waals surface area (Å²) in [6.45, 7) is 8.33. The molecule has 20 heavy (non-hydrogen) atoms. The number of nitrogens with zero attached hydrogens (tertiary/aromatic N) is 2. The zero-order valence-electron chi connectivity index (χ0n) is 12.8. The first-order chi connectivity index (χ1) is 9.42. The van der Waals surface area contributed by atoms with Crippen LogP contribution in [0.2, 0.25) is 0 Å². The Labute approximate surface area is 120 Å². The molecule has 2 rings (SSSR count). The minimum atomic E-state index is -0.979. The van der Waals surface area contributed by atoms with Gasteiger partial charge in [0.1, 0.15) is 5.54 Å². The molecule has 2 saturated heterocycles. The number of rotatable bonds is 3. The molecule has 114 valence electrons. The molecule has 0 bridgehead atoms. The van der Waals surface area contributed by atoms with Crippen molar-refractivity contribution < 1.29 is 14.7 Å². The van der Waals surface area contributed by atoms with Crippen LogP contribution >= 0.6 is 0 Å². The SMILES string of the molecule is CCC1(C(=O)O)CCCN1C(=O)N1CCC(C(C)C)C1. The quantitative estimate of drug-likeness (QED) is 0.864. The Balaban J connectivity index is 2.11. The molecule has 0 spiro atoms. The second kappa shape index (κ2) is 5.62. The smallest absolute Gasteiger partial charge is 0.329 e. The van der Waals surface area contributed by atoms with Gasteiger partial charge in [0.25, 0.3) is 0 Å². The summed E-state index contributed by atoms with van der Waals surface area (Å²) >= 11 is 0. The van der Waals surface area contributed by atoms with Gasteiger partial charge in [-0.3, -0.25) is 0 Å². The van der Waals surface area contributed by atoms with Crippen molar-refractivity contribution in [3.63, 3.8) is 0 Å². The van der Waals surface area contributed by atoms with Gasteiger partial charge in [0, 0.05) is 19.6 Å². The van der Waals surface area contributed by atoms with E-state index >= 15 is 0 Å². The Morgan fingerprint density at radius 1 is 1.35 bits per heavy atom. The molecule has 2 amide bonds. The molecular formula is C15H26N2O3. The van der Waals surface area contributed by atoms with Crippen molar-refractivity contribution in [2.75, 3.05) is 19.6 Å². The van der Waals surface area contributed by atoms with E-state index in [0.29, 0.717) is 31.2 Å². The number of carboxylic acids is 1. The average molecular weight is 282 g/mol. The Morgan fingerprint density at radius 3 is 2.55 bits per heavy atom. The number of carboxylic acid groups (broad SMARTS) is 1. The van der Waals surface area contributed by atoms with E-state index in [1.807, 2.05) is 11.8 Å². The third-order valence-corrected chi connectivity index (χ3v) is 5.14. The number of hydrogen-bond acceptors (Lipinski definition) is 2. The van der Waals surface area contributed by atoms with E-state index in [-0.39, 0.29) is 6.03 Å². The number of hydrogen-bond donors (Lipinski definition) is 1. The maximum Gasteiger partial charge on any atom is 0.329 e. The second-order valence-electron chi connectivity index (χ2n) is 6.47. The maximum atomic E-state index is 12.7. The number of carbonyl (C=O) groups is 2. The van der Waals surface area contributed by atoms with Crippen LogP contribution in [-0.4, -0.2) is 52.1 Å². The molecule has 2 aliphatic heterocycles. The van der Waals surface area contributed by atoms with Crippen LogP contribution in [0.4, 0.5) is 4.79 Å². The van der Waals surface area contributed by atoms with Crippen LogP contribution in [-0.2, 0) is 4.79 Å². The van der Waals surface area contributed by atoms with E-state index in [9.17, 15) is 14.7 Å². The molecule has 0 aromatic carbocycles. The van der Waals surface area contributed by atoms with E-state index in [1.165, 1.54) is 0 Å². The second-order valence-corrected chi connectivity index (χ2v) is 6.47. The molecule has 0 aliphatic carbocycles. The van der Waals surface area contributed by atoms with Crippen LogP contribution in [0.5, 0.6) is 0 Å². The lowest BCUT2D eigenvalue weighted by molar-refractivity contribution is -0.148. The molecular weight excluding hydrogens is 256 g/mol. The maximum absolute atomic E-state index is 12.7. The highest BCUT2D eigenvalue weighted by Crippen LogP contribution is 2.35. The number of urea groups is 1. The zero-order valence-corrected chi connectivity index (χ0v) is 12.8. The minimum absolute atomic E-state index is 0.0742. The number of carbonyl (C=O) groups excluding carboxylic acids is 1. The van der Waals surface area contributed by atoms with Crippen molar-refractivity contribution in [2.45, 2.75) is 52.0 Å². The van der Waals surface area contributed by atoms with E-state index in [2.05, 4.69) is 13.8 Å². The Hall–Kier alpha value is -1.26. The van der Waals surface area contributed by atoms with Crippen LogP contribution in [0, 0.1) is 11.8 Å². The lowest BCUT2D eigenvalue weighted by atomic mass is 9.93. The normalized spacial score (nSPS) is 30.3. The van der Waals surface area contributed by atoms with Crippen LogP contribution in [0.15, 0.2) is 0 Å². The molecule has 2 unspecified atom stereocenters. The Morgan fingerprint density at radius 2 is 2.05 bits per heavy atom. The summed E-state index contributed by atoms with van der Waals surface area (Å²) < 4.78 is 0. The van der Waals surface area contributed by atoms with Gasteiger partial charge in [0.05, 0.1) is 0 Å². The van der Waals surface area contributed by atoms with Crippen LogP contribution < -0.4 is 0 Å². The van der Waals surface area contributed by atoms with Crippen LogP contribution in [0.25, 0.3) is 0 Å². The largest absolute Gasteiger partial charge is 0.479 e. The van der Waals surface area contributed by atoms with Crippen molar-refractivity contribution in [1.29, 1.82) is 0 Å². The van der Waals surface area contributed by atoms with Gasteiger partial charge in [0.15, 0.2) is 0 Å². The van der Waals surface area contributed by atoms with Crippen molar-refractivity contribution in [2.24, 2.45) is 11.8 Å². The summed E-state index contributed by atoms with van der Waals surface area (Å²) in [5.74, 6) is 0.259. The van der Waals surface area contributed by atoms with E-state index in [0.717, 1.165) is 25.9 Å². The molecule has 1 N–H and O–H groups in total. The topological polar surface area (TPSA) is 60.9 Å². The zero-order chi connectivity index (χ0) is 14.9. The molecule has 0 radical (unpaired) electrons. The molecule has 0 aromatic heterocycles. The van der Waals surface area contributed by atoms with Gasteiger partial charge in [-0.25, -0.2) is 9.59 Å². The van der Waals surface area contributed by atoms with E-state index < -0.39 is 11.5 Å². The monoisotopic (exact) mass is 282 g/mol. The standard InChI is InChI=1S/C15H26N2O3/c1-4-15(13(18)19)7-5-8-17(15)14(20)16-9-6-12(10-16)11(2)3/h11-12H,4-10H2,1-3H3,(H,18,19).